The van der Waals surface area contributed by atoms with E-state index in [1.807, 2.05) is 30.2 Å². The molecule has 3 nitrogen and oxygen atoms in total. The first-order valence-corrected chi connectivity index (χ1v) is 7.52. The number of nitrogens with one attached hydrogen (secondary N) is 1. The van der Waals surface area contributed by atoms with Crippen molar-refractivity contribution >= 4 is 17.7 Å². The number of aromatic nitrogens is 2. The summed E-state index contributed by atoms with van der Waals surface area (Å²) in [5, 5.41) is 3.57. The first-order chi connectivity index (χ1) is 8.93. The Hall–Kier alpha value is -1.42. The number of thioether (sulfide) groups is 1. The molecule has 18 heavy (non-hydrogen) atoms. The molecule has 0 aliphatic carbocycles. The van der Waals surface area contributed by atoms with Crippen LogP contribution in [0.2, 0.25) is 0 Å². The molecule has 1 aliphatic heterocycles. The second-order valence-corrected chi connectivity index (χ2v) is 5.71. The quantitative estimate of drug-likeness (QED) is 0.918. The van der Waals surface area contributed by atoms with Crippen molar-refractivity contribution in [1.82, 2.24) is 9.55 Å². The van der Waals surface area contributed by atoms with Gasteiger partial charge in [-0.05, 0) is 36.5 Å². The molecule has 0 amide bonds. The second kappa shape index (κ2) is 5.48. The fourth-order valence-electron chi connectivity index (χ4n) is 2.23. The monoisotopic (exact) mass is 259 g/mol. The summed E-state index contributed by atoms with van der Waals surface area (Å²) in [6, 6.07) is 10.9. The van der Waals surface area contributed by atoms with Gasteiger partial charge in [-0.15, -0.1) is 0 Å². The molecule has 0 radical (unpaired) electrons. The maximum absolute atomic E-state index is 4.43. The minimum Gasteiger partial charge on any atom is -0.353 e. The number of hydrogen-bond acceptors (Lipinski definition) is 3. The third-order valence-corrected chi connectivity index (χ3v) is 4.28. The number of para-hydroxylation sites is 1. The number of rotatable bonds is 3. The van der Waals surface area contributed by atoms with Crippen molar-refractivity contribution in [3.8, 4) is 5.69 Å². The summed E-state index contributed by atoms with van der Waals surface area (Å²) < 4.78 is 2.11. The lowest BCUT2D eigenvalue weighted by Gasteiger charge is -2.23. The summed E-state index contributed by atoms with van der Waals surface area (Å²) in [7, 11) is 0. The van der Waals surface area contributed by atoms with Crippen LogP contribution in [0.15, 0.2) is 42.7 Å². The van der Waals surface area contributed by atoms with Crippen molar-refractivity contribution in [3.63, 3.8) is 0 Å². The van der Waals surface area contributed by atoms with Gasteiger partial charge in [0.2, 0.25) is 5.95 Å². The highest BCUT2D eigenvalue weighted by Crippen LogP contribution is 2.21. The SMILES string of the molecule is c1ccc(-n2ccnc2NC2CCSCC2)cc1. The van der Waals surface area contributed by atoms with Crippen LogP contribution in [0.1, 0.15) is 12.8 Å². The normalized spacial score (nSPS) is 16.7. The average molecular weight is 259 g/mol. The molecule has 94 valence electrons. The van der Waals surface area contributed by atoms with Crippen LogP contribution >= 0.6 is 11.8 Å². The first kappa shape index (κ1) is 11.7. The van der Waals surface area contributed by atoms with E-state index in [0.29, 0.717) is 6.04 Å². The summed E-state index contributed by atoms with van der Waals surface area (Å²) in [6.07, 6.45) is 6.32. The van der Waals surface area contributed by atoms with Gasteiger partial charge in [-0.3, -0.25) is 4.57 Å². The number of hydrogen-bond donors (Lipinski definition) is 1. The molecule has 1 fully saturated rings. The first-order valence-electron chi connectivity index (χ1n) is 6.36. The third kappa shape index (κ3) is 2.53. The van der Waals surface area contributed by atoms with Gasteiger partial charge in [-0.1, -0.05) is 18.2 Å². The highest BCUT2D eigenvalue weighted by molar-refractivity contribution is 7.99. The molecule has 1 aliphatic rings. The van der Waals surface area contributed by atoms with E-state index in [4.69, 9.17) is 0 Å². The lowest BCUT2D eigenvalue weighted by atomic mass is 10.2. The molecule has 4 heteroatoms. The Labute approximate surface area is 112 Å². The van der Waals surface area contributed by atoms with Gasteiger partial charge in [-0.25, -0.2) is 4.98 Å². The van der Waals surface area contributed by atoms with Gasteiger partial charge in [0, 0.05) is 24.1 Å². The van der Waals surface area contributed by atoms with Crippen LogP contribution in [0.5, 0.6) is 0 Å². The smallest absolute Gasteiger partial charge is 0.207 e. The van der Waals surface area contributed by atoms with Crippen LogP contribution in [0.3, 0.4) is 0 Å². The van der Waals surface area contributed by atoms with E-state index < -0.39 is 0 Å². The minimum absolute atomic E-state index is 0.566. The molecular weight excluding hydrogens is 242 g/mol. The summed E-state index contributed by atoms with van der Waals surface area (Å²) in [5.74, 6) is 3.46. The maximum Gasteiger partial charge on any atom is 0.207 e. The maximum atomic E-state index is 4.43. The molecule has 0 spiro atoms. The van der Waals surface area contributed by atoms with Crippen LogP contribution in [0.4, 0.5) is 5.95 Å². The van der Waals surface area contributed by atoms with Gasteiger partial charge in [0.15, 0.2) is 0 Å². The van der Waals surface area contributed by atoms with Gasteiger partial charge < -0.3 is 5.32 Å². The highest BCUT2D eigenvalue weighted by atomic mass is 32.2. The topological polar surface area (TPSA) is 29.9 Å². The number of nitrogens with zero attached hydrogens (tertiary/aromatic N) is 2. The molecule has 0 saturated carbocycles. The van der Waals surface area contributed by atoms with Crippen molar-refractivity contribution in [1.29, 1.82) is 0 Å². The molecule has 1 N–H and O–H groups in total. The molecule has 0 atom stereocenters. The molecule has 1 aromatic carbocycles. The minimum atomic E-state index is 0.566. The van der Waals surface area contributed by atoms with Gasteiger partial charge in [0.1, 0.15) is 0 Å². The molecule has 0 bridgehead atoms. The zero-order valence-corrected chi connectivity index (χ0v) is 11.1. The Morgan fingerprint density at radius 1 is 1.17 bits per heavy atom. The lowest BCUT2D eigenvalue weighted by Crippen LogP contribution is -2.26. The molecule has 1 aromatic heterocycles. The zero-order valence-electron chi connectivity index (χ0n) is 10.2. The summed E-state index contributed by atoms with van der Waals surface area (Å²) in [4.78, 5) is 4.43. The molecule has 1 saturated heterocycles. The molecule has 0 unspecified atom stereocenters. The molecule has 2 aromatic rings. The van der Waals surface area contributed by atoms with Crippen LogP contribution in [-0.4, -0.2) is 27.1 Å². The van der Waals surface area contributed by atoms with Gasteiger partial charge in [0.25, 0.3) is 0 Å². The number of benzene rings is 1. The van der Waals surface area contributed by atoms with Crippen molar-refractivity contribution in [2.75, 3.05) is 16.8 Å². The predicted molar refractivity (Wildman–Crippen MR) is 77.5 cm³/mol. The highest BCUT2D eigenvalue weighted by Gasteiger charge is 2.15. The van der Waals surface area contributed by atoms with E-state index in [0.717, 1.165) is 11.6 Å². The van der Waals surface area contributed by atoms with Crippen molar-refractivity contribution < 1.29 is 0 Å². The van der Waals surface area contributed by atoms with Crippen LogP contribution in [0.25, 0.3) is 5.69 Å². The van der Waals surface area contributed by atoms with Crippen LogP contribution in [0, 0.1) is 0 Å². The average Bonchev–Trinajstić information content (AvgIpc) is 2.89. The third-order valence-electron chi connectivity index (χ3n) is 3.23. The van der Waals surface area contributed by atoms with E-state index in [1.165, 1.54) is 24.3 Å². The van der Waals surface area contributed by atoms with E-state index >= 15 is 0 Å². The zero-order chi connectivity index (χ0) is 12.2. The lowest BCUT2D eigenvalue weighted by molar-refractivity contribution is 0.658. The molecule has 2 heterocycles. The van der Waals surface area contributed by atoms with E-state index in [9.17, 15) is 0 Å². The van der Waals surface area contributed by atoms with Crippen molar-refractivity contribution in [2.24, 2.45) is 0 Å². The Morgan fingerprint density at radius 3 is 2.72 bits per heavy atom. The number of anilines is 1. The molecular formula is C14H17N3S. The Balaban J connectivity index is 1.79. The second-order valence-electron chi connectivity index (χ2n) is 4.49. The Bertz CT molecular complexity index is 489. The summed E-state index contributed by atoms with van der Waals surface area (Å²) >= 11 is 2.04. The van der Waals surface area contributed by atoms with E-state index in [1.54, 1.807) is 0 Å². The standard InChI is InChI=1S/C14H17N3S/c1-2-4-13(5-3-1)17-9-8-15-14(17)16-12-6-10-18-11-7-12/h1-5,8-9,12H,6-7,10-11H2,(H,15,16). The predicted octanol–water partition coefficient (Wildman–Crippen LogP) is 3.18. The van der Waals surface area contributed by atoms with Crippen molar-refractivity contribution in [3.05, 3.63) is 42.7 Å². The Kier molecular flexibility index (Phi) is 3.55. The van der Waals surface area contributed by atoms with Crippen molar-refractivity contribution in [2.45, 2.75) is 18.9 Å². The largest absolute Gasteiger partial charge is 0.353 e. The van der Waals surface area contributed by atoms with Crippen LogP contribution in [-0.2, 0) is 0 Å². The van der Waals surface area contributed by atoms with Gasteiger partial charge >= 0.3 is 0 Å². The fourth-order valence-corrected chi connectivity index (χ4v) is 3.34. The molecule has 3 rings (SSSR count). The van der Waals surface area contributed by atoms with Gasteiger partial charge in [-0.2, -0.15) is 11.8 Å². The Morgan fingerprint density at radius 2 is 1.94 bits per heavy atom. The fraction of sp³-hybridized carbons (Fsp3) is 0.357. The van der Waals surface area contributed by atoms with Gasteiger partial charge in [0.05, 0.1) is 0 Å². The van der Waals surface area contributed by atoms with E-state index in [-0.39, 0.29) is 0 Å². The summed E-state index contributed by atoms with van der Waals surface area (Å²) in [6.45, 7) is 0. The van der Waals surface area contributed by atoms with E-state index in [2.05, 4.69) is 39.1 Å². The summed E-state index contributed by atoms with van der Waals surface area (Å²) in [5.41, 5.74) is 1.16. The number of imidazole rings is 1. The van der Waals surface area contributed by atoms with Crippen LogP contribution < -0.4 is 5.32 Å².